The van der Waals surface area contributed by atoms with Gasteiger partial charge < -0.3 is 14.7 Å². The van der Waals surface area contributed by atoms with Gasteiger partial charge >= 0.3 is 6.09 Å². The quantitative estimate of drug-likeness (QED) is 0.883. The standard InChI is InChI=1S/C13H18N2O3/c1-18-12-4-2-11(3-5-12)10-14-6-8-15(9-7-14)13(16)17/h2-5H,6-10H2,1H3,(H,16,17). The highest BCUT2D eigenvalue weighted by Crippen LogP contribution is 2.14. The molecule has 2 rings (SSSR count). The van der Waals surface area contributed by atoms with Crippen molar-refractivity contribution in [3.63, 3.8) is 0 Å². The van der Waals surface area contributed by atoms with Crippen molar-refractivity contribution in [3.8, 4) is 5.75 Å². The maximum absolute atomic E-state index is 10.8. The van der Waals surface area contributed by atoms with E-state index in [0.717, 1.165) is 25.4 Å². The molecule has 1 N–H and O–H groups in total. The highest BCUT2D eigenvalue weighted by molar-refractivity contribution is 5.65. The van der Waals surface area contributed by atoms with Crippen LogP contribution in [0.15, 0.2) is 24.3 Å². The zero-order valence-corrected chi connectivity index (χ0v) is 10.5. The number of nitrogens with zero attached hydrogens (tertiary/aromatic N) is 2. The molecule has 18 heavy (non-hydrogen) atoms. The monoisotopic (exact) mass is 250 g/mol. The Morgan fingerprint density at radius 3 is 2.33 bits per heavy atom. The maximum atomic E-state index is 10.8. The molecule has 5 nitrogen and oxygen atoms in total. The number of benzene rings is 1. The summed E-state index contributed by atoms with van der Waals surface area (Å²) in [6.07, 6.45) is -0.820. The minimum atomic E-state index is -0.820. The van der Waals surface area contributed by atoms with Crippen LogP contribution < -0.4 is 4.74 Å². The van der Waals surface area contributed by atoms with Gasteiger partial charge in [-0.2, -0.15) is 0 Å². The van der Waals surface area contributed by atoms with E-state index in [1.807, 2.05) is 24.3 Å². The molecule has 1 aromatic rings. The minimum Gasteiger partial charge on any atom is -0.497 e. The van der Waals surface area contributed by atoms with Crippen LogP contribution in [-0.4, -0.2) is 54.3 Å². The number of rotatable bonds is 3. The van der Waals surface area contributed by atoms with E-state index in [2.05, 4.69) is 4.90 Å². The number of piperazine rings is 1. The van der Waals surface area contributed by atoms with Gasteiger partial charge in [0.05, 0.1) is 7.11 Å². The normalized spacial score (nSPS) is 16.6. The molecule has 1 saturated heterocycles. The van der Waals surface area contributed by atoms with Gasteiger partial charge in [-0.05, 0) is 17.7 Å². The molecule has 1 aromatic carbocycles. The van der Waals surface area contributed by atoms with Crippen LogP contribution in [-0.2, 0) is 6.54 Å². The summed E-state index contributed by atoms with van der Waals surface area (Å²) in [4.78, 5) is 14.5. The molecule has 0 atom stereocenters. The Morgan fingerprint density at radius 2 is 1.83 bits per heavy atom. The Morgan fingerprint density at radius 1 is 1.22 bits per heavy atom. The van der Waals surface area contributed by atoms with E-state index in [1.54, 1.807) is 7.11 Å². The Bertz CT molecular complexity index is 397. The highest BCUT2D eigenvalue weighted by atomic mass is 16.5. The SMILES string of the molecule is COc1ccc(CN2CCN(C(=O)O)CC2)cc1. The number of ether oxygens (including phenoxy) is 1. The van der Waals surface area contributed by atoms with E-state index in [9.17, 15) is 4.79 Å². The summed E-state index contributed by atoms with van der Waals surface area (Å²) in [7, 11) is 1.65. The lowest BCUT2D eigenvalue weighted by atomic mass is 10.2. The molecule has 1 aliphatic heterocycles. The third-order valence-corrected chi connectivity index (χ3v) is 3.21. The molecule has 0 aliphatic carbocycles. The lowest BCUT2D eigenvalue weighted by Gasteiger charge is -2.33. The molecule has 1 amide bonds. The van der Waals surface area contributed by atoms with Gasteiger partial charge in [-0.1, -0.05) is 12.1 Å². The van der Waals surface area contributed by atoms with E-state index in [-0.39, 0.29) is 0 Å². The van der Waals surface area contributed by atoms with Crippen molar-refractivity contribution >= 4 is 6.09 Å². The van der Waals surface area contributed by atoms with E-state index in [0.29, 0.717) is 13.1 Å². The number of amides is 1. The van der Waals surface area contributed by atoms with Crippen molar-refractivity contribution in [2.24, 2.45) is 0 Å². The minimum absolute atomic E-state index is 0.589. The Kier molecular flexibility index (Phi) is 4.04. The Hall–Kier alpha value is -1.75. The van der Waals surface area contributed by atoms with Crippen molar-refractivity contribution in [2.75, 3.05) is 33.3 Å². The van der Waals surface area contributed by atoms with Crippen LogP contribution in [0.4, 0.5) is 4.79 Å². The number of hydrogen-bond acceptors (Lipinski definition) is 3. The third kappa shape index (κ3) is 3.13. The van der Waals surface area contributed by atoms with Crippen LogP contribution in [0.3, 0.4) is 0 Å². The smallest absolute Gasteiger partial charge is 0.407 e. The van der Waals surface area contributed by atoms with Gasteiger partial charge in [-0.25, -0.2) is 4.79 Å². The van der Waals surface area contributed by atoms with Crippen LogP contribution in [0, 0.1) is 0 Å². The summed E-state index contributed by atoms with van der Waals surface area (Å²) in [5.74, 6) is 0.856. The summed E-state index contributed by atoms with van der Waals surface area (Å²) < 4.78 is 5.11. The predicted octanol–water partition coefficient (Wildman–Crippen LogP) is 1.49. The number of carboxylic acid groups (broad SMARTS) is 1. The second-order valence-electron chi connectivity index (χ2n) is 4.39. The fourth-order valence-corrected chi connectivity index (χ4v) is 2.09. The number of hydrogen-bond donors (Lipinski definition) is 1. The fraction of sp³-hybridized carbons (Fsp3) is 0.462. The third-order valence-electron chi connectivity index (χ3n) is 3.21. The average molecular weight is 250 g/mol. The van der Waals surface area contributed by atoms with Crippen LogP contribution in [0.1, 0.15) is 5.56 Å². The van der Waals surface area contributed by atoms with Gasteiger partial charge in [0.2, 0.25) is 0 Å². The number of methoxy groups -OCH3 is 1. The lowest BCUT2D eigenvalue weighted by molar-refractivity contribution is 0.103. The molecule has 0 bridgehead atoms. The van der Waals surface area contributed by atoms with Crippen molar-refractivity contribution < 1.29 is 14.6 Å². The first-order chi connectivity index (χ1) is 8.69. The van der Waals surface area contributed by atoms with E-state index in [4.69, 9.17) is 9.84 Å². The van der Waals surface area contributed by atoms with Gasteiger partial charge in [0.25, 0.3) is 0 Å². The van der Waals surface area contributed by atoms with E-state index >= 15 is 0 Å². The van der Waals surface area contributed by atoms with E-state index < -0.39 is 6.09 Å². The van der Waals surface area contributed by atoms with Crippen molar-refractivity contribution in [1.29, 1.82) is 0 Å². The summed E-state index contributed by atoms with van der Waals surface area (Å²) in [6.45, 7) is 3.62. The van der Waals surface area contributed by atoms with Gasteiger partial charge in [-0.3, -0.25) is 4.90 Å². The molecular formula is C13H18N2O3. The second kappa shape index (κ2) is 5.73. The molecule has 0 spiro atoms. The van der Waals surface area contributed by atoms with E-state index in [1.165, 1.54) is 10.5 Å². The van der Waals surface area contributed by atoms with Gasteiger partial charge in [0.1, 0.15) is 5.75 Å². The summed E-state index contributed by atoms with van der Waals surface area (Å²) >= 11 is 0. The molecular weight excluding hydrogens is 232 g/mol. The Balaban J connectivity index is 1.85. The molecule has 0 saturated carbocycles. The maximum Gasteiger partial charge on any atom is 0.407 e. The predicted molar refractivity (Wildman–Crippen MR) is 67.9 cm³/mol. The first-order valence-corrected chi connectivity index (χ1v) is 6.02. The largest absolute Gasteiger partial charge is 0.497 e. The molecule has 0 unspecified atom stereocenters. The van der Waals surface area contributed by atoms with Gasteiger partial charge in [-0.15, -0.1) is 0 Å². The first kappa shape index (κ1) is 12.7. The van der Waals surface area contributed by atoms with Crippen LogP contribution in [0.2, 0.25) is 0 Å². The summed E-state index contributed by atoms with van der Waals surface area (Å²) in [5.41, 5.74) is 1.22. The first-order valence-electron chi connectivity index (χ1n) is 6.02. The zero-order valence-electron chi connectivity index (χ0n) is 10.5. The fourth-order valence-electron chi connectivity index (χ4n) is 2.09. The summed E-state index contributed by atoms with van der Waals surface area (Å²) in [6, 6.07) is 7.98. The topological polar surface area (TPSA) is 53.0 Å². The molecule has 0 radical (unpaired) electrons. The highest BCUT2D eigenvalue weighted by Gasteiger charge is 2.19. The molecule has 98 valence electrons. The summed E-state index contributed by atoms with van der Waals surface area (Å²) in [5, 5.41) is 8.87. The average Bonchev–Trinajstić information content (AvgIpc) is 2.40. The molecule has 5 heteroatoms. The molecule has 1 aliphatic rings. The Labute approximate surface area is 107 Å². The van der Waals surface area contributed by atoms with Crippen molar-refractivity contribution in [1.82, 2.24) is 9.80 Å². The second-order valence-corrected chi connectivity index (χ2v) is 4.39. The molecule has 1 fully saturated rings. The van der Waals surface area contributed by atoms with Gasteiger partial charge in [0, 0.05) is 32.7 Å². The zero-order chi connectivity index (χ0) is 13.0. The van der Waals surface area contributed by atoms with Crippen LogP contribution >= 0.6 is 0 Å². The van der Waals surface area contributed by atoms with Gasteiger partial charge in [0.15, 0.2) is 0 Å². The number of carbonyl (C=O) groups is 1. The van der Waals surface area contributed by atoms with Crippen LogP contribution in [0.25, 0.3) is 0 Å². The van der Waals surface area contributed by atoms with Crippen molar-refractivity contribution in [2.45, 2.75) is 6.54 Å². The molecule has 0 aromatic heterocycles. The van der Waals surface area contributed by atoms with Crippen LogP contribution in [0.5, 0.6) is 5.75 Å². The van der Waals surface area contributed by atoms with Crippen molar-refractivity contribution in [3.05, 3.63) is 29.8 Å². The lowest BCUT2D eigenvalue weighted by Crippen LogP contribution is -2.47. The molecule has 1 heterocycles.